The van der Waals surface area contributed by atoms with Crippen molar-refractivity contribution >= 4 is 27.3 Å². The summed E-state index contributed by atoms with van der Waals surface area (Å²) in [4.78, 5) is 16.5. The van der Waals surface area contributed by atoms with Crippen LogP contribution in [0.4, 0.5) is 0 Å². The SMILES string of the molecule is CN(CC(=O)NCCc1nccn1Cc1ccccc1)S(=O)(=O)c1cccs1. The molecule has 0 saturated carbocycles. The van der Waals surface area contributed by atoms with Crippen LogP contribution in [0.15, 0.2) is 64.4 Å². The number of rotatable bonds is 9. The van der Waals surface area contributed by atoms with E-state index in [2.05, 4.69) is 22.4 Å². The van der Waals surface area contributed by atoms with Crippen molar-refractivity contribution in [1.29, 1.82) is 0 Å². The van der Waals surface area contributed by atoms with Crippen LogP contribution in [-0.2, 0) is 27.8 Å². The summed E-state index contributed by atoms with van der Waals surface area (Å²) < 4.78 is 28.0. The quantitative estimate of drug-likeness (QED) is 0.576. The highest BCUT2D eigenvalue weighted by molar-refractivity contribution is 7.91. The normalized spacial score (nSPS) is 11.6. The number of carbonyl (C=O) groups is 1. The van der Waals surface area contributed by atoms with Gasteiger partial charge in [-0.05, 0) is 17.0 Å². The molecular weight excluding hydrogens is 396 g/mol. The standard InChI is InChI=1S/C19H22N4O3S2/c1-22(28(25,26)19-8-5-13-27-19)15-18(24)21-10-9-17-20-11-12-23(17)14-16-6-3-2-4-7-16/h2-8,11-13H,9-10,14-15H2,1H3,(H,21,24). The number of thiophene rings is 1. The van der Waals surface area contributed by atoms with Crippen LogP contribution in [0.5, 0.6) is 0 Å². The van der Waals surface area contributed by atoms with Gasteiger partial charge in [0.25, 0.3) is 10.0 Å². The molecule has 3 aromatic rings. The largest absolute Gasteiger partial charge is 0.355 e. The number of sulfonamides is 1. The van der Waals surface area contributed by atoms with Crippen molar-refractivity contribution in [1.82, 2.24) is 19.2 Å². The van der Waals surface area contributed by atoms with Crippen molar-refractivity contribution in [2.24, 2.45) is 0 Å². The van der Waals surface area contributed by atoms with Gasteiger partial charge in [0.2, 0.25) is 5.91 Å². The van der Waals surface area contributed by atoms with Crippen LogP contribution in [0.1, 0.15) is 11.4 Å². The molecule has 3 rings (SSSR count). The van der Waals surface area contributed by atoms with Crippen LogP contribution in [0.3, 0.4) is 0 Å². The number of nitrogens with zero attached hydrogens (tertiary/aromatic N) is 3. The van der Waals surface area contributed by atoms with E-state index in [9.17, 15) is 13.2 Å². The lowest BCUT2D eigenvalue weighted by molar-refractivity contribution is -0.121. The van der Waals surface area contributed by atoms with Gasteiger partial charge in [0.15, 0.2) is 0 Å². The molecule has 0 aliphatic heterocycles. The minimum Gasteiger partial charge on any atom is -0.355 e. The number of likely N-dealkylation sites (N-methyl/N-ethyl adjacent to an activating group) is 1. The number of nitrogens with one attached hydrogen (secondary N) is 1. The first kappa shape index (κ1) is 20.2. The molecular formula is C19H22N4O3S2. The molecule has 0 atom stereocenters. The van der Waals surface area contributed by atoms with E-state index in [1.165, 1.54) is 18.7 Å². The van der Waals surface area contributed by atoms with E-state index in [4.69, 9.17) is 0 Å². The maximum Gasteiger partial charge on any atom is 0.252 e. The Labute approximate surface area is 168 Å². The van der Waals surface area contributed by atoms with Crippen molar-refractivity contribution in [3.8, 4) is 0 Å². The Bertz CT molecular complexity index is 999. The third-order valence-electron chi connectivity index (χ3n) is 4.19. The van der Waals surface area contributed by atoms with Crippen molar-refractivity contribution in [2.75, 3.05) is 20.1 Å². The van der Waals surface area contributed by atoms with E-state index in [-0.39, 0.29) is 16.7 Å². The maximum absolute atomic E-state index is 12.4. The molecule has 0 fully saturated rings. The number of amides is 1. The highest BCUT2D eigenvalue weighted by Gasteiger charge is 2.23. The first-order valence-electron chi connectivity index (χ1n) is 8.77. The van der Waals surface area contributed by atoms with Gasteiger partial charge in [0, 0.05) is 39.0 Å². The second-order valence-electron chi connectivity index (χ2n) is 6.25. The average molecular weight is 419 g/mol. The first-order valence-corrected chi connectivity index (χ1v) is 11.1. The van der Waals surface area contributed by atoms with Crippen LogP contribution < -0.4 is 5.32 Å². The fourth-order valence-electron chi connectivity index (χ4n) is 2.71. The van der Waals surface area contributed by atoms with Crippen molar-refractivity contribution < 1.29 is 13.2 Å². The van der Waals surface area contributed by atoms with Gasteiger partial charge in [-0.2, -0.15) is 4.31 Å². The summed E-state index contributed by atoms with van der Waals surface area (Å²) >= 11 is 1.13. The lowest BCUT2D eigenvalue weighted by atomic mass is 10.2. The number of carbonyl (C=O) groups excluding carboxylic acids is 1. The predicted molar refractivity (Wildman–Crippen MR) is 109 cm³/mol. The van der Waals surface area contributed by atoms with E-state index in [1.807, 2.05) is 29.0 Å². The Morgan fingerprint density at radius 1 is 1.21 bits per heavy atom. The average Bonchev–Trinajstić information content (AvgIpc) is 3.35. The molecule has 1 N–H and O–H groups in total. The molecule has 0 unspecified atom stereocenters. The Morgan fingerprint density at radius 3 is 2.71 bits per heavy atom. The molecule has 0 saturated heterocycles. The van der Waals surface area contributed by atoms with Crippen LogP contribution >= 0.6 is 11.3 Å². The van der Waals surface area contributed by atoms with Crippen LogP contribution in [0, 0.1) is 0 Å². The summed E-state index contributed by atoms with van der Waals surface area (Å²) in [5, 5.41) is 4.46. The number of imidazole rings is 1. The molecule has 9 heteroatoms. The number of hydrogen-bond donors (Lipinski definition) is 1. The lowest BCUT2D eigenvalue weighted by Crippen LogP contribution is -2.38. The second-order valence-corrected chi connectivity index (χ2v) is 9.47. The molecule has 2 heterocycles. The van der Waals surface area contributed by atoms with Gasteiger partial charge < -0.3 is 9.88 Å². The minimum atomic E-state index is -3.63. The third-order valence-corrected chi connectivity index (χ3v) is 7.37. The minimum absolute atomic E-state index is 0.224. The highest BCUT2D eigenvalue weighted by atomic mass is 32.2. The van der Waals surface area contributed by atoms with E-state index < -0.39 is 10.0 Å². The summed E-state index contributed by atoms with van der Waals surface area (Å²) in [5.41, 5.74) is 1.17. The molecule has 1 amide bonds. The Hall–Kier alpha value is -2.49. The zero-order valence-corrected chi connectivity index (χ0v) is 17.1. The van der Waals surface area contributed by atoms with E-state index in [0.717, 1.165) is 21.5 Å². The van der Waals surface area contributed by atoms with Crippen molar-refractivity contribution in [3.05, 3.63) is 71.6 Å². The van der Waals surface area contributed by atoms with Gasteiger partial charge in [-0.1, -0.05) is 36.4 Å². The highest BCUT2D eigenvalue weighted by Crippen LogP contribution is 2.19. The zero-order chi connectivity index (χ0) is 20.0. The molecule has 1 aromatic carbocycles. The Morgan fingerprint density at radius 2 is 2.00 bits per heavy atom. The molecule has 0 aliphatic carbocycles. The predicted octanol–water partition coefficient (Wildman–Crippen LogP) is 1.97. The Kier molecular flexibility index (Phi) is 6.61. The molecule has 28 heavy (non-hydrogen) atoms. The van der Waals surface area contributed by atoms with E-state index in [1.54, 1.807) is 17.6 Å². The van der Waals surface area contributed by atoms with Crippen LogP contribution in [-0.4, -0.2) is 48.3 Å². The summed E-state index contributed by atoms with van der Waals surface area (Å²) in [6, 6.07) is 13.3. The number of benzene rings is 1. The molecule has 2 aromatic heterocycles. The number of hydrogen-bond acceptors (Lipinski definition) is 5. The summed E-state index contributed by atoms with van der Waals surface area (Å²) in [5.74, 6) is 0.521. The van der Waals surface area contributed by atoms with Crippen molar-refractivity contribution in [3.63, 3.8) is 0 Å². The molecule has 0 aliphatic rings. The smallest absolute Gasteiger partial charge is 0.252 e. The third kappa shape index (κ3) is 5.06. The lowest BCUT2D eigenvalue weighted by Gasteiger charge is -2.15. The Balaban J connectivity index is 1.49. The van der Waals surface area contributed by atoms with E-state index >= 15 is 0 Å². The zero-order valence-electron chi connectivity index (χ0n) is 15.5. The fourth-order valence-corrected chi connectivity index (χ4v) is 5.04. The summed E-state index contributed by atoms with van der Waals surface area (Å²) in [7, 11) is -2.22. The van der Waals surface area contributed by atoms with Crippen LogP contribution in [0.2, 0.25) is 0 Å². The number of aromatic nitrogens is 2. The summed E-state index contributed by atoms with van der Waals surface area (Å²) in [6.45, 7) is 0.877. The van der Waals surface area contributed by atoms with Crippen molar-refractivity contribution in [2.45, 2.75) is 17.2 Å². The maximum atomic E-state index is 12.4. The van der Waals surface area contributed by atoms with E-state index in [0.29, 0.717) is 19.5 Å². The fraction of sp³-hybridized carbons (Fsp3) is 0.263. The molecule has 0 bridgehead atoms. The van der Waals surface area contributed by atoms with Gasteiger partial charge in [-0.25, -0.2) is 13.4 Å². The van der Waals surface area contributed by atoms with Gasteiger partial charge in [-0.3, -0.25) is 4.79 Å². The topological polar surface area (TPSA) is 84.3 Å². The monoisotopic (exact) mass is 418 g/mol. The summed E-state index contributed by atoms with van der Waals surface area (Å²) in [6.07, 6.45) is 4.21. The molecule has 0 radical (unpaired) electrons. The molecule has 7 nitrogen and oxygen atoms in total. The molecule has 148 valence electrons. The van der Waals surface area contributed by atoms with Gasteiger partial charge in [0.1, 0.15) is 10.0 Å². The van der Waals surface area contributed by atoms with Gasteiger partial charge >= 0.3 is 0 Å². The van der Waals surface area contributed by atoms with Crippen LogP contribution in [0.25, 0.3) is 0 Å². The second kappa shape index (κ2) is 9.13. The van der Waals surface area contributed by atoms with Gasteiger partial charge in [0.05, 0.1) is 6.54 Å². The molecule has 0 spiro atoms. The first-order chi connectivity index (χ1) is 13.5. The van der Waals surface area contributed by atoms with Gasteiger partial charge in [-0.15, -0.1) is 11.3 Å².